The largest absolute Gasteiger partial charge is 0.367 e. The smallest absolute Gasteiger partial charge is 0.165 e. The summed E-state index contributed by atoms with van der Waals surface area (Å²) in [7, 11) is 0. The predicted molar refractivity (Wildman–Crippen MR) is 97.1 cm³/mol. The van der Waals surface area contributed by atoms with Crippen molar-refractivity contribution in [3.05, 3.63) is 48.3 Å². The maximum atomic E-state index is 13.0. The number of halogens is 1. The second kappa shape index (κ2) is 8.02. The van der Waals surface area contributed by atoms with Gasteiger partial charge in [-0.25, -0.2) is 19.3 Å². The van der Waals surface area contributed by atoms with Crippen LogP contribution in [0.4, 0.5) is 10.2 Å². The van der Waals surface area contributed by atoms with Gasteiger partial charge >= 0.3 is 0 Å². The number of fused-ring (bicyclic) bond motifs is 1. The molecule has 2 heterocycles. The molecule has 0 fully saturated rings. The molecule has 0 aliphatic carbocycles. The molecule has 25 heavy (non-hydrogen) atoms. The van der Waals surface area contributed by atoms with Crippen LogP contribution in [-0.2, 0) is 6.54 Å². The van der Waals surface area contributed by atoms with E-state index in [0.29, 0.717) is 6.54 Å². The molecule has 3 rings (SSSR count). The van der Waals surface area contributed by atoms with Gasteiger partial charge in [0.15, 0.2) is 11.5 Å². The van der Waals surface area contributed by atoms with Crippen molar-refractivity contribution in [2.45, 2.75) is 20.4 Å². The highest BCUT2D eigenvalue weighted by Crippen LogP contribution is 2.18. The summed E-state index contributed by atoms with van der Waals surface area (Å²) in [5.41, 5.74) is 2.52. The van der Waals surface area contributed by atoms with Crippen molar-refractivity contribution in [1.82, 2.24) is 24.4 Å². The van der Waals surface area contributed by atoms with Crippen LogP contribution in [0.2, 0.25) is 0 Å². The lowest BCUT2D eigenvalue weighted by Gasteiger charge is -2.18. The van der Waals surface area contributed by atoms with Crippen molar-refractivity contribution >= 4 is 17.0 Å². The van der Waals surface area contributed by atoms with Gasteiger partial charge in [-0.15, -0.1) is 0 Å². The van der Waals surface area contributed by atoms with Gasteiger partial charge in [-0.3, -0.25) is 0 Å². The van der Waals surface area contributed by atoms with E-state index < -0.39 is 0 Å². The molecule has 0 saturated carbocycles. The Morgan fingerprint density at radius 1 is 1.08 bits per heavy atom. The van der Waals surface area contributed by atoms with Crippen LogP contribution in [0, 0.1) is 5.82 Å². The Morgan fingerprint density at radius 2 is 1.84 bits per heavy atom. The molecule has 3 aromatic rings. The summed E-state index contributed by atoms with van der Waals surface area (Å²) in [6.45, 7) is 8.72. The predicted octanol–water partition coefficient (Wildman–Crippen LogP) is 2.77. The standard InChI is InChI=1S/C18H23FN6/c1-3-24(4-2)10-9-20-17-16-18(22-12-21-17)25(13-23-16)11-14-5-7-15(19)8-6-14/h5-8,12-13H,3-4,9-11H2,1-2H3,(H,20,21,22). The number of hydrogen-bond acceptors (Lipinski definition) is 5. The van der Waals surface area contributed by atoms with Crippen LogP contribution in [-0.4, -0.2) is 50.6 Å². The van der Waals surface area contributed by atoms with Gasteiger partial charge in [0, 0.05) is 13.1 Å². The van der Waals surface area contributed by atoms with Crippen LogP contribution in [0.5, 0.6) is 0 Å². The minimum absolute atomic E-state index is 0.235. The minimum Gasteiger partial charge on any atom is -0.367 e. The molecule has 1 N–H and O–H groups in total. The first-order valence-corrected chi connectivity index (χ1v) is 8.57. The molecule has 0 amide bonds. The molecule has 7 heteroatoms. The van der Waals surface area contributed by atoms with E-state index in [2.05, 4.69) is 39.0 Å². The van der Waals surface area contributed by atoms with Crippen molar-refractivity contribution in [1.29, 1.82) is 0 Å². The Hall–Kier alpha value is -2.54. The molecule has 132 valence electrons. The normalized spacial score (nSPS) is 11.4. The lowest BCUT2D eigenvalue weighted by Crippen LogP contribution is -2.28. The molecule has 0 aliphatic heterocycles. The van der Waals surface area contributed by atoms with Crippen LogP contribution in [0.25, 0.3) is 11.2 Å². The number of nitrogens with zero attached hydrogens (tertiary/aromatic N) is 5. The highest BCUT2D eigenvalue weighted by Gasteiger charge is 2.10. The number of anilines is 1. The van der Waals surface area contributed by atoms with E-state index in [0.717, 1.165) is 48.7 Å². The van der Waals surface area contributed by atoms with E-state index in [-0.39, 0.29) is 5.82 Å². The molecule has 0 aliphatic rings. The topological polar surface area (TPSA) is 58.9 Å². The first-order valence-electron chi connectivity index (χ1n) is 8.57. The maximum Gasteiger partial charge on any atom is 0.165 e. The molecule has 0 radical (unpaired) electrons. The number of rotatable bonds is 8. The zero-order valence-corrected chi connectivity index (χ0v) is 14.6. The number of nitrogens with one attached hydrogen (secondary N) is 1. The maximum absolute atomic E-state index is 13.0. The monoisotopic (exact) mass is 342 g/mol. The number of imidazole rings is 1. The summed E-state index contributed by atoms with van der Waals surface area (Å²) in [5, 5.41) is 3.35. The lowest BCUT2D eigenvalue weighted by molar-refractivity contribution is 0.316. The van der Waals surface area contributed by atoms with E-state index in [1.165, 1.54) is 12.1 Å². The molecule has 0 unspecified atom stereocenters. The van der Waals surface area contributed by atoms with Gasteiger partial charge in [-0.1, -0.05) is 26.0 Å². The van der Waals surface area contributed by atoms with Gasteiger partial charge in [0.2, 0.25) is 0 Å². The number of aromatic nitrogens is 4. The van der Waals surface area contributed by atoms with Crippen LogP contribution < -0.4 is 5.32 Å². The Bertz CT molecular complexity index is 810. The fraction of sp³-hybridized carbons (Fsp3) is 0.389. The van der Waals surface area contributed by atoms with E-state index in [1.807, 2.05) is 4.57 Å². The highest BCUT2D eigenvalue weighted by molar-refractivity contribution is 5.82. The average Bonchev–Trinajstić information content (AvgIpc) is 3.04. The Balaban J connectivity index is 1.74. The van der Waals surface area contributed by atoms with Crippen molar-refractivity contribution in [2.75, 3.05) is 31.5 Å². The molecule has 1 aromatic carbocycles. The SMILES string of the molecule is CCN(CC)CCNc1ncnc2c1ncn2Cc1ccc(F)cc1. The average molecular weight is 342 g/mol. The zero-order chi connectivity index (χ0) is 17.6. The quantitative estimate of drug-likeness (QED) is 0.682. The van der Waals surface area contributed by atoms with Crippen molar-refractivity contribution in [3.8, 4) is 0 Å². The second-order valence-electron chi connectivity index (χ2n) is 5.85. The molecular formula is C18H23FN6. The summed E-state index contributed by atoms with van der Waals surface area (Å²) in [5.74, 6) is 0.510. The summed E-state index contributed by atoms with van der Waals surface area (Å²) in [6, 6.07) is 6.46. The summed E-state index contributed by atoms with van der Waals surface area (Å²) < 4.78 is 15.0. The van der Waals surface area contributed by atoms with E-state index in [1.54, 1.807) is 24.8 Å². The van der Waals surface area contributed by atoms with Crippen LogP contribution in [0.15, 0.2) is 36.9 Å². The molecule has 0 saturated heterocycles. The molecule has 6 nitrogen and oxygen atoms in total. The van der Waals surface area contributed by atoms with Crippen LogP contribution in [0.3, 0.4) is 0 Å². The summed E-state index contributed by atoms with van der Waals surface area (Å²) in [4.78, 5) is 15.5. The van der Waals surface area contributed by atoms with E-state index >= 15 is 0 Å². The van der Waals surface area contributed by atoms with Crippen molar-refractivity contribution in [3.63, 3.8) is 0 Å². The number of likely N-dealkylation sites (N-methyl/N-ethyl adjacent to an activating group) is 1. The first-order chi connectivity index (χ1) is 12.2. The molecular weight excluding hydrogens is 319 g/mol. The first kappa shape index (κ1) is 17.3. The number of hydrogen-bond donors (Lipinski definition) is 1. The molecule has 2 aromatic heterocycles. The minimum atomic E-state index is -0.235. The Morgan fingerprint density at radius 3 is 2.56 bits per heavy atom. The highest BCUT2D eigenvalue weighted by atomic mass is 19.1. The Kier molecular flexibility index (Phi) is 5.55. The van der Waals surface area contributed by atoms with Crippen molar-refractivity contribution < 1.29 is 4.39 Å². The molecule has 0 bridgehead atoms. The number of benzene rings is 1. The fourth-order valence-electron chi connectivity index (χ4n) is 2.78. The summed E-state index contributed by atoms with van der Waals surface area (Å²) >= 11 is 0. The fourth-order valence-corrected chi connectivity index (χ4v) is 2.78. The third kappa shape index (κ3) is 4.11. The third-order valence-electron chi connectivity index (χ3n) is 4.28. The second-order valence-corrected chi connectivity index (χ2v) is 5.85. The van der Waals surface area contributed by atoms with Gasteiger partial charge in [-0.05, 0) is 30.8 Å². The van der Waals surface area contributed by atoms with Crippen LogP contribution >= 0.6 is 0 Å². The lowest BCUT2D eigenvalue weighted by atomic mass is 10.2. The van der Waals surface area contributed by atoms with Gasteiger partial charge in [0.05, 0.1) is 12.9 Å². The third-order valence-corrected chi connectivity index (χ3v) is 4.28. The Labute approximate surface area is 146 Å². The van der Waals surface area contributed by atoms with Gasteiger partial charge in [0.1, 0.15) is 17.7 Å². The van der Waals surface area contributed by atoms with Crippen LogP contribution in [0.1, 0.15) is 19.4 Å². The van der Waals surface area contributed by atoms with E-state index in [4.69, 9.17) is 0 Å². The van der Waals surface area contributed by atoms with Crippen molar-refractivity contribution in [2.24, 2.45) is 0 Å². The molecule has 0 spiro atoms. The molecule has 0 atom stereocenters. The van der Waals surface area contributed by atoms with E-state index in [9.17, 15) is 4.39 Å². The van der Waals surface area contributed by atoms with Gasteiger partial charge in [-0.2, -0.15) is 0 Å². The van der Waals surface area contributed by atoms with Gasteiger partial charge < -0.3 is 14.8 Å². The summed E-state index contributed by atoms with van der Waals surface area (Å²) in [6.07, 6.45) is 3.29. The zero-order valence-electron chi connectivity index (χ0n) is 14.6. The van der Waals surface area contributed by atoms with Gasteiger partial charge in [0.25, 0.3) is 0 Å².